The van der Waals surface area contributed by atoms with E-state index < -0.39 is 9.84 Å². The maximum Gasteiger partial charge on any atom is 0.175 e. The summed E-state index contributed by atoms with van der Waals surface area (Å²) in [5.74, 6) is 6.00. The average molecular weight is 270 g/mol. The summed E-state index contributed by atoms with van der Waals surface area (Å²) >= 11 is 0. The SMILES string of the molecule is CCCC(C)C(NN)c1ccc(S(C)(=O)=O)cc1. The zero-order valence-corrected chi connectivity index (χ0v) is 12.0. The van der Waals surface area contributed by atoms with Gasteiger partial charge in [-0.15, -0.1) is 0 Å². The summed E-state index contributed by atoms with van der Waals surface area (Å²) < 4.78 is 22.8. The molecule has 102 valence electrons. The quantitative estimate of drug-likeness (QED) is 0.613. The molecule has 0 radical (unpaired) electrons. The van der Waals surface area contributed by atoms with E-state index in [1.54, 1.807) is 12.1 Å². The second-order valence-electron chi connectivity index (χ2n) is 4.75. The van der Waals surface area contributed by atoms with Gasteiger partial charge >= 0.3 is 0 Å². The second-order valence-corrected chi connectivity index (χ2v) is 6.77. The molecule has 0 heterocycles. The van der Waals surface area contributed by atoms with Crippen LogP contribution < -0.4 is 11.3 Å². The zero-order chi connectivity index (χ0) is 13.8. The van der Waals surface area contributed by atoms with Crippen molar-refractivity contribution in [1.29, 1.82) is 0 Å². The van der Waals surface area contributed by atoms with Crippen LogP contribution in [0.1, 0.15) is 38.3 Å². The smallest absolute Gasteiger partial charge is 0.175 e. The van der Waals surface area contributed by atoms with Gasteiger partial charge in [-0.3, -0.25) is 11.3 Å². The molecule has 0 aliphatic heterocycles. The summed E-state index contributed by atoms with van der Waals surface area (Å²) in [5.41, 5.74) is 3.83. The van der Waals surface area contributed by atoms with Gasteiger partial charge < -0.3 is 0 Å². The van der Waals surface area contributed by atoms with Crippen molar-refractivity contribution < 1.29 is 8.42 Å². The van der Waals surface area contributed by atoms with Crippen LogP contribution in [-0.2, 0) is 9.84 Å². The Kier molecular flexibility index (Phi) is 5.31. The predicted octanol–water partition coefficient (Wildman–Crippen LogP) is 2.03. The number of rotatable bonds is 6. The molecule has 18 heavy (non-hydrogen) atoms. The minimum Gasteiger partial charge on any atom is -0.271 e. The molecule has 0 aliphatic carbocycles. The van der Waals surface area contributed by atoms with Crippen LogP contribution in [0.15, 0.2) is 29.2 Å². The Morgan fingerprint density at radius 3 is 2.22 bits per heavy atom. The van der Waals surface area contributed by atoms with Crippen LogP contribution in [0.2, 0.25) is 0 Å². The first kappa shape index (κ1) is 15.1. The van der Waals surface area contributed by atoms with Crippen molar-refractivity contribution in [2.75, 3.05) is 6.26 Å². The van der Waals surface area contributed by atoms with Gasteiger partial charge in [0.05, 0.1) is 4.90 Å². The first-order valence-corrected chi connectivity index (χ1v) is 8.05. The molecule has 5 heteroatoms. The lowest BCUT2D eigenvalue weighted by Crippen LogP contribution is -2.32. The van der Waals surface area contributed by atoms with Gasteiger partial charge in [-0.2, -0.15) is 0 Å². The van der Waals surface area contributed by atoms with Crippen LogP contribution >= 0.6 is 0 Å². The molecule has 3 N–H and O–H groups in total. The van der Waals surface area contributed by atoms with Gasteiger partial charge in [-0.25, -0.2) is 8.42 Å². The summed E-state index contributed by atoms with van der Waals surface area (Å²) in [5, 5.41) is 0. The highest BCUT2D eigenvalue weighted by Crippen LogP contribution is 2.25. The molecular formula is C13H22N2O2S. The molecule has 0 aliphatic rings. The predicted molar refractivity (Wildman–Crippen MR) is 73.7 cm³/mol. The first-order chi connectivity index (χ1) is 8.40. The Balaban J connectivity index is 2.95. The lowest BCUT2D eigenvalue weighted by Gasteiger charge is -2.23. The monoisotopic (exact) mass is 270 g/mol. The molecular weight excluding hydrogens is 248 g/mol. The van der Waals surface area contributed by atoms with Gasteiger partial charge in [-0.05, 0) is 30.0 Å². The summed E-state index contributed by atoms with van der Waals surface area (Å²) in [7, 11) is -3.13. The second kappa shape index (κ2) is 6.31. The van der Waals surface area contributed by atoms with Crippen molar-refractivity contribution >= 4 is 9.84 Å². The number of hydrogen-bond donors (Lipinski definition) is 2. The van der Waals surface area contributed by atoms with Crippen molar-refractivity contribution in [1.82, 2.24) is 5.43 Å². The summed E-state index contributed by atoms with van der Waals surface area (Å²) in [6, 6.07) is 6.97. The van der Waals surface area contributed by atoms with Gasteiger partial charge in [0.2, 0.25) is 0 Å². The van der Waals surface area contributed by atoms with Crippen LogP contribution in [0.4, 0.5) is 0 Å². The lowest BCUT2D eigenvalue weighted by molar-refractivity contribution is 0.368. The minimum absolute atomic E-state index is 0.0542. The van der Waals surface area contributed by atoms with Crippen molar-refractivity contribution in [3.63, 3.8) is 0 Å². The summed E-state index contributed by atoms with van der Waals surface area (Å²) in [6.07, 6.45) is 3.38. The highest BCUT2D eigenvalue weighted by atomic mass is 32.2. The first-order valence-electron chi connectivity index (χ1n) is 6.16. The highest BCUT2D eigenvalue weighted by molar-refractivity contribution is 7.90. The summed E-state index contributed by atoms with van der Waals surface area (Å²) in [4.78, 5) is 0.338. The molecule has 1 aromatic rings. The van der Waals surface area contributed by atoms with E-state index in [2.05, 4.69) is 19.3 Å². The van der Waals surface area contributed by atoms with Crippen LogP contribution in [0.5, 0.6) is 0 Å². The molecule has 0 spiro atoms. The van der Waals surface area contributed by atoms with E-state index in [-0.39, 0.29) is 6.04 Å². The zero-order valence-electron chi connectivity index (χ0n) is 11.2. The van der Waals surface area contributed by atoms with Crippen LogP contribution in [0.25, 0.3) is 0 Å². The fraction of sp³-hybridized carbons (Fsp3) is 0.538. The van der Waals surface area contributed by atoms with Crippen LogP contribution in [0.3, 0.4) is 0 Å². The third-order valence-corrected chi connectivity index (χ3v) is 4.29. The molecule has 1 aromatic carbocycles. The number of hydrogen-bond acceptors (Lipinski definition) is 4. The fourth-order valence-corrected chi connectivity index (χ4v) is 2.76. The number of benzene rings is 1. The van der Waals surface area contributed by atoms with Gasteiger partial charge in [0.1, 0.15) is 0 Å². The van der Waals surface area contributed by atoms with Gasteiger partial charge in [0.15, 0.2) is 9.84 Å². The minimum atomic E-state index is -3.13. The molecule has 2 atom stereocenters. The van der Waals surface area contributed by atoms with E-state index in [1.807, 2.05) is 12.1 Å². The Morgan fingerprint density at radius 2 is 1.83 bits per heavy atom. The number of nitrogens with two attached hydrogens (primary N) is 1. The van der Waals surface area contributed by atoms with E-state index in [1.165, 1.54) is 6.26 Å². The molecule has 0 saturated carbocycles. The number of nitrogens with one attached hydrogen (secondary N) is 1. The topological polar surface area (TPSA) is 72.2 Å². The van der Waals surface area contributed by atoms with Crippen molar-refractivity contribution in [3.8, 4) is 0 Å². The summed E-state index contributed by atoms with van der Waals surface area (Å²) in [6.45, 7) is 4.27. The maximum absolute atomic E-state index is 11.4. The lowest BCUT2D eigenvalue weighted by atomic mass is 9.91. The number of sulfone groups is 1. The molecule has 0 fully saturated rings. The average Bonchev–Trinajstić information content (AvgIpc) is 2.30. The van der Waals surface area contributed by atoms with Gasteiger partial charge in [0, 0.05) is 12.3 Å². The number of hydrazine groups is 1. The van der Waals surface area contributed by atoms with E-state index in [9.17, 15) is 8.42 Å². The van der Waals surface area contributed by atoms with Crippen molar-refractivity contribution in [2.24, 2.45) is 11.8 Å². The Morgan fingerprint density at radius 1 is 1.28 bits per heavy atom. The molecule has 0 saturated heterocycles. The Hall–Kier alpha value is -0.910. The van der Waals surface area contributed by atoms with Crippen LogP contribution in [-0.4, -0.2) is 14.7 Å². The van der Waals surface area contributed by atoms with Crippen LogP contribution in [0, 0.1) is 5.92 Å². The largest absolute Gasteiger partial charge is 0.271 e. The molecule has 0 amide bonds. The van der Waals surface area contributed by atoms with Crippen molar-refractivity contribution in [3.05, 3.63) is 29.8 Å². The van der Waals surface area contributed by atoms with Crippen molar-refractivity contribution in [2.45, 2.75) is 37.6 Å². The normalized spacial score (nSPS) is 15.3. The Bertz CT molecular complexity index is 468. The molecule has 0 bridgehead atoms. The third kappa shape index (κ3) is 3.80. The maximum atomic E-state index is 11.4. The van der Waals surface area contributed by atoms with E-state index in [0.29, 0.717) is 10.8 Å². The van der Waals surface area contributed by atoms with E-state index in [4.69, 9.17) is 5.84 Å². The molecule has 2 unspecified atom stereocenters. The van der Waals surface area contributed by atoms with Gasteiger partial charge in [0.25, 0.3) is 0 Å². The van der Waals surface area contributed by atoms with E-state index >= 15 is 0 Å². The van der Waals surface area contributed by atoms with Gasteiger partial charge in [-0.1, -0.05) is 32.4 Å². The molecule has 1 rings (SSSR count). The fourth-order valence-electron chi connectivity index (χ4n) is 2.13. The third-order valence-electron chi connectivity index (χ3n) is 3.16. The van der Waals surface area contributed by atoms with E-state index in [0.717, 1.165) is 18.4 Å². The highest BCUT2D eigenvalue weighted by Gasteiger charge is 2.17. The standard InChI is InChI=1S/C13H22N2O2S/c1-4-5-10(2)13(15-14)11-6-8-12(9-7-11)18(3,16)17/h6-10,13,15H,4-5,14H2,1-3H3. The Labute approximate surface area is 109 Å². The molecule has 4 nitrogen and oxygen atoms in total. The molecule has 0 aromatic heterocycles.